The van der Waals surface area contributed by atoms with Crippen molar-refractivity contribution in [2.24, 2.45) is 10.2 Å². The molecule has 0 saturated carbocycles. The quantitative estimate of drug-likeness (QED) is 0.544. The Labute approximate surface area is 172 Å². The Morgan fingerprint density at radius 3 is 2.69 bits per heavy atom. The fourth-order valence-electron chi connectivity index (χ4n) is 2.61. The summed E-state index contributed by atoms with van der Waals surface area (Å²) in [7, 11) is 0. The molecular formula is C21H19N5O2S. The number of rotatable bonds is 7. The zero-order valence-electron chi connectivity index (χ0n) is 15.5. The number of nitriles is 1. The minimum Gasteiger partial charge on any atom is -0.356 e. The van der Waals surface area contributed by atoms with E-state index in [9.17, 15) is 9.59 Å². The third kappa shape index (κ3) is 6.30. The van der Waals surface area contributed by atoms with Crippen LogP contribution < -0.4 is 10.6 Å². The van der Waals surface area contributed by atoms with E-state index in [-0.39, 0.29) is 18.2 Å². The van der Waals surface area contributed by atoms with Gasteiger partial charge < -0.3 is 10.6 Å². The fraction of sp³-hybridized carbons (Fsp3) is 0.190. The van der Waals surface area contributed by atoms with Gasteiger partial charge in [0.25, 0.3) is 0 Å². The van der Waals surface area contributed by atoms with Crippen molar-refractivity contribution in [1.82, 2.24) is 10.6 Å². The standard InChI is InChI=1S/C21H19N5O2S/c22-13-16-6-8-17(9-7-16)14-24-26-21-25-20(28)18(29-21)12-19(27)23-11-10-15-4-2-1-3-5-15/h1-9,14,18H,10-12H2,(H,23,27)(H,25,26,28)/b24-14-/t18-/m0/s1. The van der Waals surface area contributed by atoms with E-state index in [0.29, 0.717) is 17.3 Å². The Morgan fingerprint density at radius 2 is 1.97 bits per heavy atom. The third-order valence-electron chi connectivity index (χ3n) is 4.12. The van der Waals surface area contributed by atoms with E-state index in [2.05, 4.69) is 20.8 Å². The molecule has 1 aliphatic rings. The third-order valence-corrected chi connectivity index (χ3v) is 5.19. The van der Waals surface area contributed by atoms with Crippen LogP contribution in [0.3, 0.4) is 0 Å². The van der Waals surface area contributed by atoms with Crippen molar-refractivity contribution >= 4 is 35.0 Å². The molecular weight excluding hydrogens is 386 g/mol. The van der Waals surface area contributed by atoms with Crippen LogP contribution in [0.4, 0.5) is 0 Å². The Bertz CT molecular complexity index is 965. The van der Waals surface area contributed by atoms with Crippen LogP contribution >= 0.6 is 11.8 Å². The molecule has 0 bridgehead atoms. The molecule has 0 spiro atoms. The summed E-state index contributed by atoms with van der Waals surface area (Å²) in [5.74, 6) is -0.420. The van der Waals surface area contributed by atoms with Crippen LogP contribution in [0, 0.1) is 11.3 Å². The summed E-state index contributed by atoms with van der Waals surface area (Å²) < 4.78 is 0. The SMILES string of the molecule is N#Cc1ccc(/C=N\N=C2/NC(=O)[C@H](CC(=O)NCCc3ccccc3)S2)cc1. The van der Waals surface area contributed by atoms with E-state index in [1.807, 2.05) is 36.4 Å². The molecule has 2 aromatic carbocycles. The molecule has 29 heavy (non-hydrogen) atoms. The number of amides is 2. The maximum atomic E-state index is 12.1. The summed E-state index contributed by atoms with van der Waals surface area (Å²) in [5.41, 5.74) is 2.50. The molecule has 1 saturated heterocycles. The van der Waals surface area contributed by atoms with Gasteiger partial charge >= 0.3 is 0 Å². The van der Waals surface area contributed by atoms with Crippen LogP contribution in [0.5, 0.6) is 0 Å². The Morgan fingerprint density at radius 1 is 1.21 bits per heavy atom. The van der Waals surface area contributed by atoms with Crippen LogP contribution in [0.2, 0.25) is 0 Å². The minimum atomic E-state index is -0.518. The molecule has 0 unspecified atom stereocenters. The van der Waals surface area contributed by atoms with E-state index in [1.54, 1.807) is 24.3 Å². The first-order valence-corrected chi connectivity index (χ1v) is 9.91. The van der Waals surface area contributed by atoms with Crippen LogP contribution in [-0.2, 0) is 16.0 Å². The first kappa shape index (κ1) is 20.3. The van der Waals surface area contributed by atoms with E-state index in [1.165, 1.54) is 18.0 Å². The van der Waals surface area contributed by atoms with Crippen molar-refractivity contribution < 1.29 is 9.59 Å². The number of nitrogens with one attached hydrogen (secondary N) is 2. The lowest BCUT2D eigenvalue weighted by Gasteiger charge is -2.07. The lowest BCUT2D eigenvalue weighted by Crippen LogP contribution is -2.32. The van der Waals surface area contributed by atoms with Crippen molar-refractivity contribution in [2.75, 3.05) is 6.54 Å². The zero-order chi connectivity index (χ0) is 20.5. The minimum absolute atomic E-state index is 0.0870. The average molecular weight is 405 g/mol. The van der Waals surface area contributed by atoms with E-state index in [0.717, 1.165) is 17.5 Å². The fourth-order valence-corrected chi connectivity index (χ4v) is 3.53. The van der Waals surface area contributed by atoms with E-state index in [4.69, 9.17) is 5.26 Å². The second-order valence-corrected chi connectivity index (χ2v) is 7.46. The summed E-state index contributed by atoms with van der Waals surface area (Å²) in [5, 5.41) is 22.0. The summed E-state index contributed by atoms with van der Waals surface area (Å²) in [6.07, 6.45) is 2.36. The van der Waals surface area contributed by atoms with Crippen molar-refractivity contribution in [3.8, 4) is 6.07 Å². The number of nitrogens with zero attached hydrogens (tertiary/aromatic N) is 3. The highest BCUT2D eigenvalue weighted by atomic mass is 32.2. The molecule has 0 aliphatic carbocycles. The monoisotopic (exact) mass is 405 g/mol. The topological polar surface area (TPSA) is 107 Å². The van der Waals surface area contributed by atoms with Gasteiger partial charge in [-0.15, -0.1) is 5.10 Å². The number of benzene rings is 2. The van der Waals surface area contributed by atoms with Gasteiger partial charge in [0.15, 0.2) is 5.17 Å². The first-order chi connectivity index (χ1) is 14.1. The summed E-state index contributed by atoms with van der Waals surface area (Å²) in [4.78, 5) is 24.1. The summed E-state index contributed by atoms with van der Waals surface area (Å²) in [6.45, 7) is 0.525. The molecule has 1 fully saturated rings. The number of carbonyl (C=O) groups is 2. The van der Waals surface area contributed by atoms with Gasteiger partial charge in [0, 0.05) is 13.0 Å². The second kappa shape index (κ2) is 10.2. The molecule has 7 nitrogen and oxygen atoms in total. The van der Waals surface area contributed by atoms with Crippen molar-refractivity contribution in [3.05, 3.63) is 71.3 Å². The number of thioether (sulfide) groups is 1. The van der Waals surface area contributed by atoms with Crippen molar-refractivity contribution in [1.29, 1.82) is 5.26 Å². The predicted octanol–water partition coefficient (Wildman–Crippen LogP) is 2.23. The molecule has 0 aromatic heterocycles. The van der Waals surface area contributed by atoms with Crippen LogP contribution in [0.1, 0.15) is 23.1 Å². The van der Waals surface area contributed by atoms with Gasteiger partial charge in [-0.25, -0.2) is 0 Å². The van der Waals surface area contributed by atoms with Gasteiger partial charge in [0.2, 0.25) is 11.8 Å². The van der Waals surface area contributed by atoms with Crippen LogP contribution in [0.25, 0.3) is 0 Å². The molecule has 1 aliphatic heterocycles. The smallest absolute Gasteiger partial charge is 0.240 e. The number of hydrogen-bond donors (Lipinski definition) is 2. The molecule has 8 heteroatoms. The van der Waals surface area contributed by atoms with Gasteiger partial charge in [0.1, 0.15) is 5.25 Å². The largest absolute Gasteiger partial charge is 0.356 e. The molecule has 146 valence electrons. The molecule has 0 radical (unpaired) electrons. The van der Waals surface area contributed by atoms with Crippen LogP contribution in [0.15, 0.2) is 64.8 Å². The lowest BCUT2D eigenvalue weighted by molar-refractivity contribution is -0.125. The van der Waals surface area contributed by atoms with Gasteiger partial charge in [-0.1, -0.05) is 54.2 Å². The first-order valence-electron chi connectivity index (χ1n) is 9.03. The van der Waals surface area contributed by atoms with Gasteiger partial charge in [0.05, 0.1) is 17.8 Å². The molecule has 2 aromatic rings. The highest BCUT2D eigenvalue weighted by molar-refractivity contribution is 8.15. The normalized spacial score (nSPS) is 17.3. The summed E-state index contributed by atoms with van der Waals surface area (Å²) >= 11 is 1.19. The highest BCUT2D eigenvalue weighted by Gasteiger charge is 2.32. The molecule has 3 rings (SSSR count). The average Bonchev–Trinajstić information content (AvgIpc) is 3.08. The van der Waals surface area contributed by atoms with Crippen molar-refractivity contribution in [3.63, 3.8) is 0 Å². The Hall–Kier alpha value is -3.44. The van der Waals surface area contributed by atoms with E-state index >= 15 is 0 Å². The predicted molar refractivity (Wildman–Crippen MR) is 113 cm³/mol. The summed E-state index contributed by atoms with van der Waals surface area (Å²) in [6, 6.07) is 18.8. The maximum Gasteiger partial charge on any atom is 0.240 e. The van der Waals surface area contributed by atoms with Crippen molar-refractivity contribution in [2.45, 2.75) is 18.1 Å². The van der Waals surface area contributed by atoms with E-state index < -0.39 is 5.25 Å². The Balaban J connectivity index is 1.45. The maximum absolute atomic E-state index is 12.1. The molecule has 2 N–H and O–H groups in total. The number of amidine groups is 1. The molecule has 1 atom stereocenters. The lowest BCUT2D eigenvalue weighted by atomic mass is 10.1. The van der Waals surface area contributed by atoms with Gasteiger partial charge in [-0.2, -0.15) is 10.4 Å². The Kier molecular flexibility index (Phi) is 7.14. The molecule has 2 amide bonds. The van der Waals surface area contributed by atoms with Gasteiger partial charge in [-0.05, 0) is 29.7 Å². The van der Waals surface area contributed by atoms with Gasteiger partial charge in [-0.3, -0.25) is 9.59 Å². The number of carbonyl (C=O) groups excluding carboxylic acids is 2. The van der Waals surface area contributed by atoms with Crippen LogP contribution in [-0.4, -0.2) is 35.0 Å². The highest BCUT2D eigenvalue weighted by Crippen LogP contribution is 2.22. The molecule has 1 heterocycles. The number of hydrogen-bond acceptors (Lipinski definition) is 6. The zero-order valence-corrected chi connectivity index (χ0v) is 16.4. The second-order valence-electron chi connectivity index (χ2n) is 6.27.